The van der Waals surface area contributed by atoms with E-state index >= 15 is 0 Å². The van der Waals surface area contributed by atoms with E-state index in [4.69, 9.17) is 4.74 Å². The molecular formula is C18H25NO3. The molecule has 0 spiro atoms. The van der Waals surface area contributed by atoms with E-state index in [1.165, 1.54) is 5.56 Å². The summed E-state index contributed by atoms with van der Waals surface area (Å²) in [6, 6.07) is 10.5. The second kappa shape index (κ2) is 7.25. The summed E-state index contributed by atoms with van der Waals surface area (Å²) >= 11 is 0. The van der Waals surface area contributed by atoms with Gasteiger partial charge >= 0.3 is 0 Å². The van der Waals surface area contributed by atoms with Crippen molar-refractivity contribution in [2.24, 2.45) is 0 Å². The number of amides is 1. The van der Waals surface area contributed by atoms with E-state index in [0.717, 1.165) is 32.1 Å². The minimum absolute atomic E-state index is 0.0797. The molecule has 3 rings (SSSR count). The van der Waals surface area contributed by atoms with E-state index in [9.17, 15) is 9.90 Å². The van der Waals surface area contributed by atoms with Crippen LogP contribution in [0.3, 0.4) is 0 Å². The summed E-state index contributed by atoms with van der Waals surface area (Å²) in [5, 5.41) is 9.71. The number of aliphatic hydroxyl groups excluding tert-OH is 1. The topological polar surface area (TPSA) is 49.8 Å². The van der Waals surface area contributed by atoms with Crippen LogP contribution in [0.15, 0.2) is 30.3 Å². The van der Waals surface area contributed by atoms with Gasteiger partial charge in [0.15, 0.2) is 0 Å². The molecule has 1 aromatic carbocycles. The van der Waals surface area contributed by atoms with Crippen LogP contribution in [0.2, 0.25) is 0 Å². The van der Waals surface area contributed by atoms with Gasteiger partial charge in [0.1, 0.15) is 0 Å². The average Bonchev–Trinajstić information content (AvgIpc) is 2.87. The molecule has 1 aliphatic carbocycles. The number of carbonyl (C=O) groups is 1. The van der Waals surface area contributed by atoms with Gasteiger partial charge in [-0.25, -0.2) is 0 Å². The maximum atomic E-state index is 12.0. The van der Waals surface area contributed by atoms with Gasteiger partial charge in [0, 0.05) is 6.54 Å². The zero-order valence-corrected chi connectivity index (χ0v) is 13.0. The summed E-state index contributed by atoms with van der Waals surface area (Å²) in [7, 11) is 0. The molecule has 0 radical (unpaired) electrons. The molecule has 22 heavy (non-hydrogen) atoms. The van der Waals surface area contributed by atoms with E-state index < -0.39 is 6.10 Å². The Kier molecular flexibility index (Phi) is 5.11. The van der Waals surface area contributed by atoms with Crippen molar-refractivity contribution >= 4 is 5.91 Å². The summed E-state index contributed by atoms with van der Waals surface area (Å²) in [6.07, 6.45) is 5.10. The van der Waals surface area contributed by atoms with Crippen molar-refractivity contribution in [1.82, 2.24) is 4.90 Å². The second-order valence-corrected chi connectivity index (χ2v) is 6.40. The number of nitrogens with zero attached hydrogens (tertiary/aromatic N) is 1. The van der Waals surface area contributed by atoms with Crippen LogP contribution in [0.5, 0.6) is 0 Å². The molecule has 0 aromatic heterocycles. The first kappa shape index (κ1) is 15.5. The van der Waals surface area contributed by atoms with Crippen molar-refractivity contribution in [3.63, 3.8) is 0 Å². The molecular weight excluding hydrogens is 278 g/mol. The summed E-state index contributed by atoms with van der Waals surface area (Å²) in [5.74, 6) is 0.0797. The van der Waals surface area contributed by atoms with Gasteiger partial charge in [-0.1, -0.05) is 43.2 Å². The molecule has 0 unspecified atom stereocenters. The van der Waals surface area contributed by atoms with E-state index in [-0.39, 0.29) is 24.5 Å². The van der Waals surface area contributed by atoms with Crippen LogP contribution in [0.4, 0.5) is 0 Å². The van der Waals surface area contributed by atoms with Gasteiger partial charge in [-0.05, 0) is 24.8 Å². The number of carbonyl (C=O) groups excluding carboxylic acids is 1. The molecule has 1 N–H and O–H groups in total. The highest BCUT2D eigenvalue weighted by molar-refractivity contribution is 5.79. The molecule has 2 aliphatic rings. The number of hydrogen-bond acceptors (Lipinski definition) is 3. The number of aliphatic hydroxyl groups is 1. The molecule has 4 nitrogen and oxygen atoms in total. The van der Waals surface area contributed by atoms with Gasteiger partial charge in [0.25, 0.3) is 0 Å². The Morgan fingerprint density at radius 1 is 1.18 bits per heavy atom. The quantitative estimate of drug-likeness (QED) is 0.907. The predicted octanol–water partition coefficient (Wildman–Crippen LogP) is 2.15. The Morgan fingerprint density at radius 3 is 2.68 bits per heavy atom. The normalized spacial score (nSPS) is 29.0. The lowest BCUT2D eigenvalue weighted by Gasteiger charge is -2.37. The standard InChI is InChI=1S/C18H25NO3/c20-15-12-18(21)19(13-15)16-8-4-5-9-17(16)22-11-10-14-6-2-1-3-7-14/h1-3,6-7,15-17,20H,4-5,8-13H2/t15-,16+,17+/m0/s1. The van der Waals surface area contributed by atoms with Gasteiger partial charge < -0.3 is 14.7 Å². The van der Waals surface area contributed by atoms with E-state index in [0.29, 0.717) is 13.2 Å². The van der Waals surface area contributed by atoms with Crippen molar-refractivity contribution in [1.29, 1.82) is 0 Å². The maximum absolute atomic E-state index is 12.0. The van der Waals surface area contributed by atoms with Crippen LogP contribution in [0.1, 0.15) is 37.7 Å². The van der Waals surface area contributed by atoms with Gasteiger partial charge in [0.05, 0.1) is 31.3 Å². The van der Waals surface area contributed by atoms with E-state index in [1.807, 2.05) is 23.1 Å². The Bertz CT molecular complexity index is 490. The van der Waals surface area contributed by atoms with Gasteiger partial charge in [-0.2, -0.15) is 0 Å². The molecule has 3 atom stereocenters. The first-order valence-corrected chi connectivity index (χ1v) is 8.37. The van der Waals surface area contributed by atoms with Crippen molar-refractivity contribution in [3.05, 3.63) is 35.9 Å². The molecule has 0 bridgehead atoms. The van der Waals surface area contributed by atoms with E-state index in [1.54, 1.807) is 0 Å². The minimum atomic E-state index is -0.501. The predicted molar refractivity (Wildman–Crippen MR) is 84.5 cm³/mol. The molecule has 4 heteroatoms. The van der Waals surface area contributed by atoms with Gasteiger partial charge in [0.2, 0.25) is 5.91 Å². The molecule has 1 aliphatic heterocycles. The smallest absolute Gasteiger partial charge is 0.225 e. The third-order valence-electron chi connectivity index (χ3n) is 4.77. The number of hydrogen-bond donors (Lipinski definition) is 1. The van der Waals surface area contributed by atoms with E-state index in [2.05, 4.69) is 12.1 Å². The van der Waals surface area contributed by atoms with Crippen LogP contribution in [0, 0.1) is 0 Å². The maximum Gasteiger partial charge on any atom is 0.225 e. The van der Waals surface area contributed by atoms with Crippen LogP contribution in [-0.2, 0) is 16.0 Å². The first-order chi connectivity index (χ1) is 10.7. The van der Waals surface area contributed by atoms with Crippen LogP contribution in [0.25, 0.3) is 0 Å². The molecule has 1 heterocycles. The van der Waals surface area contributed by atoms with Crippen molar-refractivity contribution < 1.29 is 14.6 Å². The number of β-amino-alcohol motifs (C(OH)–C–C–N with tert-alkyl or cyclic N) is 1. The number of rotatable bonds is 5. The fourth-order valence-corrected chi connectivity index (χ4v) is 3.63. The lowest BCUT2D eigenvalue weighted by Crippen LogP contribution is -2.47. The molecule has 2 fully saturated rings. The Balaban J connectivity index is 1.55. The molecule has 1 aromatic rings. The summed E-state index contributed by atoms with van der Waals surface area (Å²) in [4.78, 5) is 13.9. The lowest BCUT2D eigenvalue weighted by molar-refractivity contribution is -0.134. The number of benzene rings is 1. The Labute approximate surface area is 132 Å². The van der Waals surface area contributed by atoms with Crippen LogP contribution >= 0.6 is 0 Å². The molecule has 1 saturated heterocycles. The second-order valence-electron chi connectivity index (χ2n) is 6.40. The Morgan fingerprint density at radius 2 is 1.95 bits per heavy atom. The highest BCUT2D eigenvalue weighted by Gasteiger charge is 2.38. The van der Waals surface area contributed by atoms with Crippen molar-refractivity contribution in [3.8, 4) is 0 Å². The van der Waals surface area contributed by atoms with Crippen molar-refractivity contribution in [2.45, 2.75) is 56.8 Å². The van der Waals surface area contributed by atoms with Gasteiger partial charge in [-0.3, -0.25) is 4.79 Å². The molecule has 1 saturated carbocycles. The fourth-order valence-electron chi connectivity index (χ4n) is 3.63. The summed E-state index contributed by atoms with van der Waals surface area (Å²) < 4.78 is 6.12. The number of ether oxygens (including phenoxy) is 1. The first-order valence-electron chi connectivity index (χ1n) is 8.37. The Hall–Kier alpha value is -1.39. The SMILES string of the molecule is O=C1C[C@H](O)CN1[C@@H]1CCCC[C@H]1OCCc1ccccc1. The van der Waals surface area contributed by atoms with Crippen LogP contribution in [-0.4, -0.2) is 47.3 Å². The molecule has 120 valence electrons. The zero-order valence-electron chi connectivity index (χ0n) is 13.0. The average molecular weight is 303 g/mol. The molecule has 1 amide bonds. The van der Waals surface area contributed by atoms with Gasteiger partial charge in [-0.15, -0.1) is 0 Å². The highest BCUT2D eigenvalue weighted by Crippen LogP contribution is 2.29. The fraction of sp³-hybridized carbons (Fsp3) is 0.611. The zero-order chi connectivity index (χ0) is 15.4. The van der Waals surface area contributed by atoms with Crippen molar-refractivity contribution in [2.75, 3.05) is 13.2 Å². The summed E-state index contributed by atoms with van der Waals surface area (Å²) in [5.41, 5.74) is 1.28. The minimum Gasteiger partial charge on any atom is -0.391 e. The monoisotopic (exact) mass is 303 g/mol. The number of likely N-dealkylation sites (tertiary alicyclic amines) is 1. The third-order valence-corrected chi connectivity index (χ3v) is 4.77. The highest BCUT2D eigenvalue weighted by atomic mass is 16.5. The largest absolute Gasteiger partial charge is 0.391 e. The lowest BCUT2D eigenvalue weighted by atomic mass is 9.91. The summed E-state index contributed by atoms with van der Waals surface area (Å²) in [6.45, 7) is 1.16. The van der Waals surface area contributed by atoms with Crippen LogP contribution < -0.4 is 0 Å². The third kappa shape index (κ3) is 3.68.